The lowest BCUT2D eigenvalue weighted by molar-refractivity contribution is -0.138. The number of esters is 1. The maximum absolute atomic E-state index is 13.7. The van der Waals surface area contributed by atoms with Crippen molar-refractivity contribution in [1.82, 2.24) is 5.32 Å². The number of nitrogens with one attached hydrogen (secondary N) is 1. The van der Waals surface area contributed by atoms with Crippen LogP contribution in [0.4, 0.5) is 0 Å². The van der Waals surface area contributed by atoms with E-state index in [0.29, 0.717) is 47.1 Å². The lowest BCUT2D eigenvalue weighted by Gasteiger charge is -2.29. The Kier molecular flexibility index (Phi) is 6.82. The largest absolute Gasteiger partial charge is 0.490 e. The van der Waals surface area contributed by atoms with Crippen LogP contribution in [0, 0.1) is 0 Å². The second-order valence-corrected chi connectivity index (χ2v) is 8.89. The van der Waals surface area contributed by atoms with Gasteiger partial charge < -0.3 is 19.5 Å². The molecule has 6 nitrogen and oxygen atoms in total. The molecule has 2 aliphatic rings. The second kappa shape index (κ2) is 10.3. The summed E-state index contributed by atoms with van der Waals surface area (Å²) in [6.45, 7) is 6.59. The maximum atomic E-state index is 13.7. The van der Waals surface area contributed by atoms with E-state index >= 15 is 0 Å². The minimum atomic E-state index is -0.613. The summed E-state index contributed by atoms with van der Waals surface area (Å²) in [7, 11) is 0. The fraction of sp³-hybridized carbons (Fsp3) is 0.226. The number of rotatable bonds is 8. The average Bonchev–Trinajstić information content (AvgIpc) is 3.19. The van der Waals surface area contributed by atoms with E-state index in [4.69, 9.17) is 14.2 Å². The topological polar surface area (TPSA) is 73.9 Å². The Hall–Kier alpha value is -4.32. The van der Waals surface area contributed by atoms with Crippen LogP contribution in [0.25, 0.3) is 5.70 Å². The van der Waals surface area contributed by atoms with Gasteiger partial charge in [-0.1, -0.05) is 60.7 Å². The van der Waals surface area contributed by atoms with Crippen LogP contribution in [0.2, 0.25) is 0 Å². The van der Waals surface area contributed by atoms with Gasteiger partial charge in [-0.25, -0.2) is 4.79 Å². The molecule has 0 spiro atoms. The molecule has 0 unspecified atom stereocenters. The summed E-state index contributed by atoms with van der Waals surface area (Å²) in [4.78, 5) is 26.8. The quantitative estimate of drug-likeness (QED) is 0.399. The number of hydrogen-bond donors (Lipinski definition) is 1. The molecule has 0 radical (unpaired) electrons. The number of fused-ring (bicyclic) bond motifs is 2. The zero-order chi connectivity index (χ0) is 25.9. The van der Waals surface area contributed by atoms with Gasteiger partial charge >= 0.3 is 5.97 Å². The van der Waals surface area contributed by atoms with Crippen molar-refractivity contribution in [3.63, 3.8) is 0 Å². The molecule has 1 N–H and O–H groups in total. The third-order valence-electron chi connectivity index (χ3n) is 6.58. The Morgan fingerprint density at radius 1 is 0.865 bits per heavy atom. The molecule has 5 rings (SSSR count). The smallest absolute Gasteiger partial charge is 0.336 e. The molecule has 6 heteroatoms. The number of ketones is 1. The predicted molar refractivity (Wildman–Crippen MR) is 141 cm³/mol. The normalized spacial score (nSPS) is 16.2. The average molecular weight is 496 g/mol. The zero-order valence-corrected chi connectivity index (χ0v) is 21.2. The highest BCUT2D eigenvalue weighted by Crippen LogP contribution is 2.48. The number of ether oxygens (including phenoxy) is 3. The van der Waals surface area contributed by atoms with E-state index in [1.165, 1.54) is 0 Å². The molecule has 3 aromatic rings. The van der Waals surface area contributed by atoms with Crippen LogP contribution in [0.3, 0.4) is 0 Å². The van der Waals surface area contributed by atoms with Gasteiger partial charge in [0.1, 0.15) is 6.61 Å². The summed E-state index contributed by atoms with van der Waals surface area (Å²) in [5.74, 6) is -0.00930. The summed E-state index contributed by atoms with van der Waals surface area (Å²) in [5, 5.41) is 3.33. The lowest BCUT2D eigenvalue weighted by atomic mass is 9.79. The molecule has 1 heterocycles. The molecule has 0 aromatic heterocycles. The molecule has 0 saturated carbocycles. The highest BCUT2D eigenvalue weighted by atomic mass is 16.5. The van der Waals surface area contributed by atoms with E-state index in [0.717, 1.165) is 22.4 Å². The molecule has 1 atom stereocenters. The van der Waals surface area contributed by atoms with Gasteiger partial charge in [-0.15, -0.1) is 0 Å². The standard InChI is InChI=1S/C31H29NO5/c1-4-35-25-17-21(15-16-24(25)37-18-20-11-7-6-8-12-20)27-26(31(34)36-5-2)19(3)32-29-22-13-9-10-14-23(22)30(33)28(27)29/h6-17,27,32H,4-5,18H2,1-3H3/t27-/m0/s1. The molecular formula is C31H29NO5. The van der Waals surface area contributed by atoms with Crippen molar-refractivity contribution in [2.24, 2.45) is 0 Å². The van der Waals surface area contributed by atoms with Crippen LogP contribution in [0.15, 0.2) is 89.6 Å². The van der Waals surface area contributed by atoms with E-state index < -0.39 is 11.9 Å². The van der Waals surface area contributed by atoms with E-state index in [1.54, 1.807) is 6.92 Å². The van der Waals surface area contributed by atoms with Gasteiger partial charge in [0.2, 0.25) is 0 Å². The Morgan fingerprint density at radius 3 is 2.32 bits per heavy atom. The second-order valence-electron chi connectivity index (χ2n) is 8.89. The predicted octanol–water partition coefficient (Wildman–Crippen LogP) is 5.80. The van der Waals surface area contributed by atoms with Crippen LogP contribution in [-0.2, 0) is 16.1 Å². The first-order valence-electron chi connectivity index (χ1n) is 12.5. The van der Waals surface area contributed by atoms with Crippen LogP contribution < -0.4 is 14.8 Å². The van der Waals surface area contributed by atoms with Crippen molar-refractivity contribution >= 4 is 17.4 Å². The summed E-state index contributed by atoms with van der Waals surface area (Å²) < 4.78 is 17.5. The zero-order valence-electron chi connectivity index (χ0n) is 21.2. The molecule has 37 heavy (non-hydrogen) atoms. The van der Waals surface area contributed by atoms with Crippen LogP contribution in [-0.4, -0.2) is 25.0 Å². The van der Waals surface area contributed by atoms with Gasteiger partial charge in [0.15, 0.2) is 17.3 Å². The molecular weight excluding hydrogens is 466 g/mol. The highest BCUT2D eigenvalue weighted by Gasteiger charge is 2.43. The Balaban J connectivity index is 1.59. The summed E-state index contributed by atoms with van der Waals surface area (Å²) in [6, 6.07) is 23.0. The molecule has 3 aromatic carbocycles. The Labute approximate surface area is 216 Å². The minimum absolute atomic E-state index is 0.0974. The summed E-state index contributed by atoms with van der Waals surface area (Å²) >= 11 is 0. The third-order valence-corrected chi connectivity index (χ3v) is 6.58. The third kappa shape index (κ3) is 4.51. The van der Waals surface area contributed by atoms with E-state index in [1.807, 2.05) is 86.6 Å². The van der Waals surface area contributed by atoms with Crippen molar-refractivity contribution in [2.45, 2.75) is 33.3 Å². The Morgan fingerprint density at radius 2 is 1.59 bits per heavy atom. The van der Waals surface area contributed by atoms with Gasteiger partial charge in [0, 0.05) is 28.3 Å². The summed E-state index contributed by atoms with van der Waals surface area (Å²) in [5.41, 5.74) is 5.61. The number of hydrogen-bond acceptors (Lipinski definition) is 6. The van der Waals surface area contributed by atoms with Crippen molar-refractivity contribution in [1.29, 1.82) is 0 Å². The summed E-state index contributed by atoms with van der Waals surface area (Å²) in [6.07, 6.45) is 0. The van der Waals surface area contributed by atoms with E-state index in [-0.39, 0.29) is 12.4 Å². The van der Waals surface area contributed by atoms with Crippen LogP contribution in [0.1, 0.15) is 53.7 Å². The number of carbonyl (C=O) groups is 2. The molecule has 0 fully saturated rings. The number of benzene rings is 3. The molecule has 0 saturated heterocycles. The number of Topliss-reactive ketones (excluding diaryl/α,β-unsaturated/α-hetero) is 1. The first-order chi connectivity index (χ1) is 18.0. The fourth-order valence-electron chi connectivity index (χ4n) is 4.97. The number of dihydropyridines is 1. The van der Waals surface area contributed by atoms with Crippen molar-refractivity contribution < 1.29 is 23.8 Å². The van der Waals surface area contributed by atoms with Crippen LogP contribution in [0.5, 0.6) is 11.5 Å². The molecule has 0 amide bonds. The molecule has 1 aliphatic heterocycles. The molecule has 188 valence electrons. The van der Waals surface area contributed by atoms with E-state index in [2.05, 4.69) is 5.32 Å². The first-order valence-corrected chi connectivity index (χ1v) is 12.5. The highest BCUT2D eigenvalue weighted by molar-refractivity contribution is 6.23. The van der Waals surface area contributed by atoms with Gasteiger partial charge in [-0.2, -0.15) is 0 Å². The minimum Gasteiger partial charge on any atom is -0.490 e. The first kappa shape index (κ1) is 24.4. The molecule has 1 aliphatic carbocycles. The number of carbonyl (C=O) groups excluding carboxylic acids is 2. The maximum Gasteiger partial charge on any atom is 0.336 e. The van der Waals surface area contributed by atoms with Gasteiger partial charge in [0.05, 0.1) is 24.5 Å². The number of allylic oxidation sites excluding steroid dienone is 2. The lowest BCUT2D eigenvalue weighted by Crippen LogP contribution is -2.29. The fourth-order valence-corrected chi connectivity index (χ4v) is 4.97. The SMILES string of the molecule is CCOC(=O)C1=C(C)NC2=C(C(=O)c3ccccc32)[C@H]1c1ccc(OCc2ccccc2)c(OCC)c1. The Bertz CT molecular complexity index is 1420. The van der Waals surface area contributed by atoms with Gasteiger partial charge in [0.25, 0.3) is 0 Å². The van der Waals surface area contributed by atoms with Gasteiger partial charge in [-0.05, 0) is 44.0 Å². The van der Waals surface area contributed by atoms with Gasteiger partial charge in [-0.3, -0.25) is 4.79 Å². The van der Waals surface area contributed by atoms with Crippen LogP contribution >= 0.6 is 0 Å². The molecule has 0 bridgehead atoms. The monoisotopic (exact) mass is 495 g/mol. The van der Waals surface area contributed by atoms with Crippen molar-refractivity contribution in [3.8, 4) is 11.5 Å². The van der Waals surface area contributed by atoms with E-state index in [9.17, 15) is 9.59 Å². The van der Waals surface area contributed by atoms with Crippen molar-refractivity contribution in [2.75, 3.05) is 13.2 Å². The van der Waals surface area contributed by atoms with Crippen molar-refractivity contribution in [3.05, 3.63) is 112 Å².